The number of rotatable bonds is 1. The van der Waals surface area contributed by atoms with Crippen molar-refractivity contribution in [2.75, 3.05) is 12.8 Å². The summed E-state index contributed by atoms with van der Waals surface area (Å²) in [5, 5.41) is 9.47. The molecule has 0 saturated heterocycles. The molecule has 0 bridgehead atoms. The van der Waals surface area contributed by atoms with E-state index in [0.29, 0.717) is 22.6 Å². The van der Waals surface area contributed by atoms with Gasteiger partial charge in [0.15, 0.2) is 11.5 Å². The molecule has 0 spiro atoms. The van der Waals surface area contributed by atoms with Crippen molar-refractivity contribution in [3.8, 4) is 11.5 Å². The number of phenols is 1. The predicted octanol–water partition coefficient (Wildman–Crippen LogP) is 0.926. The Balaban J connectivity index is 2.73. The van der Waals surface area contributed by atoms with Crippen molar-refractivity contribution in [3.05, 3.63) is 18.3 Å². The molecule has 5 heteroatoms. The van der Waals surface area contributed by atoms with E-state index in [1.54, 1.807) is 6.07 Å². The monoisotopic (exact) mass is 191 g/mol. The van der Waals surface area contributed by atoms with E-state index in [-0.39, 0.29) is 5.75 Å². The molecule has 14 heavy (non-hydrogen) atoms. The van der Waals surface area contributed by atoms with E-state index in [9.17, 15) is 5.11 Å². The average Bonchev–Trinajstić information content (AvgIpc) is 2.16. The van der Waals surface area contributed by atoms with Crippen molar-refractivity contribution in [2.24, 2.45) is 0 Å². The summed E-state index contributed by atoms with van der Waals surface area (Å²) < 4.78 is 4.93. The topological polar surface area (TPSA) is 81.3 Å². The van der Waals surface area contributed by atoms with E-state index in [1.807, 2.05) is 0 Å². The van der Waals surface area contributed by atoms with Gasteiger partial charge < -0.3 is 15.6 Å². The minimum absolute atomic E-state index is 0.0277. The molecule has 0 aliphatic carbocycles. The lowest BCUT2D eigenvalue weighted by molar-refractivity contribution is 0.374. The minimum Gasteiger partial charge on any atom is -0.504 e. The van der Waals surface area contributed by atoms with Crippen LogP contribution in [0.25, 0.3) is 11.0 Å². The number of methoxy groups -OCH3 is 1. The molecule has 1 aromatic heterocycles. The summed E-state index contributed by atoms with van der Waals surface area (Å²) >= 11 is 0. The van der Waals surface area contributed by atoms with Crippen LogP contribution in [0.3, 0.4) is 0 Å². The lowest BCUT2D eigenvalue weighted by atomic mass is 10.2. The van der Waals surface area contributed by atoms with Crippen molar-refractivity contribution < 1.29 is 9.84 Å². The average molecular weight is 191 g/mol. The number of aromatic hydroxyl groups is 1. The number of aromatic nitrogens is 2. The van der Waals surface area contributed by atoms with Crippen molar-refractivity contribution >= 4 is 16.9 Å². The Morgan fingerprint density at radius 2 is 2.14 bits per heavy atom. The van der Waals surface area contributed by atoms with Gasteiger partial charge in [-0.2, -0.15) is 0 Å². The lowest BCUT2D eigenvalue weighted by Gasteiger charge is -2.04. The summed E-state index contributed by atoms with van der Waals surface area (Å²) in [4.78, 5) is 8.06. The zero-order valence-electron chi connectivity index (χ0n) is 7.56. The van der Waals surface area contributed by atoms with Crippen LogP contribution in [0.2, 0.25) is 0 Å². The Labute approximate surface area is 80.2 Å². The molecule has 5 nitrogen and oxygen atoms in total. The van der Waals surface area contributed by atoms with Crippen LogP contribution in [0, 0.1) is 0 Å². The molecule has 2 aromatic rings. The van der Waals surface area contributed by atoms with Gasteiger partial charge in [0.1, 0.15) is 5.82 Å². The molecule has 0 aliphatic rings. The Morgan fingerprint density at radius 1 is 1.36 bits per heavy atom. The summed E-state index contributed by atoms with van der Waals surface area (Å²) in [6, 6.07) is 3.08. The summed E-state index contributed by atoms with van der Waals surface area (Å²) in [5.74, 6) is 0.721. The van der Waals surface area contributed by atoms with E-state index in [4.69, 9.17) is 10.5 Å². The molecule has 1 aromatic carbocycles. The molecule has 1 heterocycles. The van der Waals surface area contributed by atoms with Crippen molar-refractivity contribution in [2.45, 2.75) is 0 Å². The first kappa shape index (κ1) is 8.55. The quantitative estimate of drug-likeness (QED) is 0.700. The number of phenolic OH excluding ortho intramolecular Hbond substituents is 1. The van der Waals surface area contributed by atoms with Crippen molar-refractivity contribution in [3.63, 3.8) is 0 Å². The third kappa shape index (κ3) is 1.28. The molecule has 0 aliphatic heterocycles. The highest BCUT2D eigenvalue weighted by Crippen LogP contribution is 2.29. The number of nitrogens with zero attached hydrogens (tertiary/aromatic N) is 2. The third-order valence-corrected chi connectivity index (χ3v) is 1.86. The zero-order valence-corrected chi connectivity index (χ0v) is 7.56. The number of hydrogen-bond acceptors (Lipinski definition) is 5. The summed E-state index contributed by atoms with van der Waals surface area (Å²) in [7, 11) is 1.48. The number of anilines is 1. The van der Waals surface area contributed by atoms with Crippen LogP contribution in [0.5, 0.6) is 11.5 Å². The Morgan fingerprint density at radius 3 is 2.86 bits per heavy atom. The fourth-order valence-electron chi connectivity index (χ4n) is 1.21. The zero-order chi connectivity index (χ0) is 10.1. The normalized spacial score (nSPS) is 10.4. The summed E-state index contributed by atoms with van der Waals surface area (Å²) in [5.41, 5.74) is 6.64. The first-order valence-electron chi connectivity index (χ1n) is 4.00. The second-order valence-corrected chi connectivity index (χ2v) is 2.81. The molecule has 0 fully saturated rings. The number of ether oxygens (including phenoxy) is 1. The molecule has 2 rings (SSSR count). The Bertz CT molecular complexity index is 485. The highest BCUT2D eigenvalue weighted by molar-refractivity contribution is 5.79. The van der Waals surface area contributed by atoms with Crippen LogP contribution in [-0.4, -0.2) is 22.2 Å². The smallest absolute Gasteiger partial charge is 0.162 e. The maximum absolute atomic E-state index is 9.47. The number of fused-ring (bicyclic) bond motifs is 1. The van der Waals surface area contributed by atoms with Crippen LogP contribution in [-0.2, 0) is 0 Å². The maximum Gasteiger partial charge on any atom is 0.162 e. The van der Waals surface area contributed by atoms with Gasteiger partial charge in [-0.25, -0.2) is 4.98 Å². The van der Waals surface area contributed by atoms with Gasteiger partial charge in [-0.1, -0.05) is 0 Å². The van der Waals surface area contributed by atoms with Gasteiger partial charge in [0.2, 0.25) is 0 Å². The van der Waals surface area contributed by atoms with Crippen molar-refractivity contribution in [1.29, 1.82) is 0 Å². The molecular weight excluding hydrogens is 182 g/mol. The van der Waals surface area contributed by atoms with Gasteiger partial charge in [-0.15, -0.1) is 0 Å². The number of hydrogen-bond donors (Lipinski definition) is 2. The van der Waals surface area contributed by atoms with Gasteiger partial charge >= 0.3 is 0 Å². The molecule has 0 atom stereocenters. The molecule has 0 radical (unpaired) electrons. The maximum atomic E-state index is 9.47. The summed E-state index contributed by atoms with van der Waals surface area (Å²) in [6.45, 7) is 0. The Kier molecular flexibility index (Phi) is 1.85. The fraction of sp³-hybridized carbons (Fsp3) is 0.111. The number of benzene rings is 1. The molecule has 0 unspecified atom stereocenters. The van der Waals surface area contributed by atoms with Gasteiger partial charge in [-0.05, 0) is 0 Å². The first-order chi connectivity index (χ1) is 6.70. The van der Waals surface area contributed by atoms with Gasteiger partial charge in [0, 0.05) is 12.1 Å². The molecule has 0 saturated carbocycles. The van der Waals surface area contributed by atoms with Crippen LogP contribution in [0.1, 0.15) is 0 Å². The van der Waals surface area contributed by atoms with Gasteiger partial charge in [0.25, 0.3) is 0 Å². The lowest BCUT2D eigenvalue weighted by Crippen LogP contribution is -1.93. The highest BCUT2D eigenvalue weighted by Gasteiger charge is 2.05. The number of nitrogen functional groups attached to an aromatic ring is 1. The molecule has 72 valence electrons. The van der Waals surface area contributed by atoms with E-state index in [1.165, 1.54) is 19.4 Å². The molecule has 0 amide bonds. The van der Waals surface area contributed by atoms with Crippen LogP contribution < -0.4 is 10.5 Å². The Hall–Kier alpha value is -2.04. The SMILES string of the molecule is COc1cc2ncc(N)nc2cc1O. The van der Waals surface area contributed by atoms with E-state index < -0.39 is 0 Å². The predicted molar refractivity (Wildman–Crippen MR) is 52.2 cm³/mol. The van der Waals surface area contributed by atoms with E-state index in [0.717, 1.165) is 0 Å². The van der Waals surface area contributed by atoms with Crippen LogP contribution in [0.15, 0.2) is 18.3 Å². The first-order valence-corrected chi connectivity index (χ1v) is 4.00. The fourth-order valence-corrected chi connectivity index (χ4v) is 1.21. The van der Waals surface area contributed by atoms with Crippen molar-refractivity contribution in [1.82, 2.24) is 9.97 Å². The molecule has 3 N–H and O–H groups in total. The van der Waals surface area contributed by atoms with Gasteiger partial charge in [0.05, 0.1) is 24.3 Å². The third-order valence-electron chi connectivity index (χ3n) is 1.86. The highest BCUT2D eigenvalue weighted by atomic mass is 16.5. The van der Waals surface area contributed by atoms with Crippen LogP contribution >= 0.6 is 0 Å². The van der Waals surface area contributed by atoms with E-state index >= 15 is 0 Å². The minimum atomic E-state index is 0.0277. The largest absolute Gasteiger partial charge is 0.504 e. The second-order valence-electron chi connectivity index (χ2n) is 2.81. The molecular formula is C9H9N3O2. The number of nitrogens with two attached hydrogens (primary N) is 1. The summed E-state index contributed by atoms with van der Waals surface area (Å²) in [6.07, 6.45) is 1.46. The van der Waals surface area contributed by atoms with E-state index in [2.05, 4.69) is 9.97 Å². The van der Waals surface area contributed by atoms with Gasteiger partial charge in [-0.3, -0.25) is 4.98 Å². The van der Waals surface area contributed by atoms with Crippen LogP contribution in [0.4, 0.5) is 5.82 Å². The standard InChI is InChI=1S/C9H9N3O2/c1-14-8-3-5-6(2-7(8)13)12-9(10)4-11-5/h2-4,13H,1H3,(H2,10,12). The second kappa shape index (κ2) is 3.02.